The third-order valence-corrected chi connectivity index (χ3v) is 0.916. The third kappa shape index (κ3) is 4.41. The van der Waals surface area contributed by atoms with Gasteiger partial charge in [-0.05, 0) is 13.8 Å². The molecule has 0 aromatic carbocycles. The summed E-state index contributed by atoms with van der Waals surface area (Å²) < 4.78 is 4.57. The minimum Gasteiger partial charge on any atom is -0.402 e. The van der Waals surface area contributed by atoms with Crippen LogP contribution in [-0.2, 0) is 4.65 Å². The molecule has 0 unspecified atom stereocenters. The second-order valence-corrected chi connectivity index (χ2v) is 2.41. The monoisotopic (exact) mass is 133 g/mol. The molecular weight excluding hydrogens is 121 g/mol. The van der Waals surface area contributed by atoms with Crippen LogP contribution >= 0.6 is 0 Å². The van der Waals surface area contributed by atoms with Crippen molar-refractivity contribution in [2.45, 2.75) is 19.4 Å². The van der Waals surface area contributed by atoms with Gasteiger partial charge >= 0.3 is 7.32 Å². The van der Waals surface area contributed by atoms with Crippen molar-refractivity contribution in [3.63, 3.8) is 0 Å². The van der Waals surface area contributed by atoms with Gasteiger partial charge in [0.15, 0.2) is 0 Å². The van der Waals surface area contributed by atoms with E-state index in [4.69, 9.17) is 15.8 Å². The van der Waals surface area contributed by atoms with Crippen LogP contribution < -0.4 is 5.73 Å². The Labute approximate surface area is 54.8 Å². The van der Waals surface area contributed by atoms with E-state index in [1.165, 1.54) is 0 Å². The van der Waals surface area contributed by atoms with Crippen LogP contribution in [0.25, 0.3) is 0 Å². The molecule has 0 aliphatic heterocycles. The van der Waals surface area contributed by atoms with E-state index >= 15 is 0 Å². The molecule has 0 aromatic heterocycles. The summed E-state index contributed by atoms with van der Waals surface area (Å²) in [6.07, 6.45) is 0. The van der Waals surface area contributed by atoms with E-state index in [0.29, 0.717) is 0 Å². The quantitative estimate of drug-likeness (QED) is 0.418. The molecule has 0 heterocycles. The van der Waals surface area contributed by atoms with Gasteiger partial charge in [-0.3, -0.25) is 0 Å². The van der Waals surface area contributed by atoms with E-state index in [0.717, 1.165) is 0 Å². The number of nitrogens with two attached hydrogens (primary N) is 1. The maximum atomic E-state index is 8.30. The van der Waals surface area contributed by atoms with Gasteiger partial charge in [0, 0.05) is 6.54 Å². The van der Waals surface area contributed by atoms with Gasteiger partial charge in [0.1, 0.15) is 0 Å². The smallest absolute Gasteiger partial charge is 0.402 e. The van der Waals surface area contributed by atoms with Gasteiger partial charge in [0.05, 0.1) is 5.60 Å². The van der Waals surface area contributed by atoms with Crippen LogP contribution in [0.4, 0.5) is 0 Å². The molecule has 0 aliphatic carbocycles. The predicted octanol–water partition coefficient (Wildman–Crippen LogP) is -1.29. The summed E-state index contributed by atoms with van der Waals surface area (Å²) in [6.45, 7) is 3.60. The fourth-order valence-corrected chi connectivity index (χ4v) is 0.333. The summed E-state index contributed by atoms with van der Waals surface area (Å²) in [5, 5.41) is 16.6. The summed E-state index contributed by atoms with van der Waals surface area (Å²) in [5.41, 5.74) is 4.55. The molecule has 0 rings (SSSR count). The van der Waals surface area contributed by atoms with E-state index in [9.17, 15) is 0 Å². The van der Waals surface area contributed by atoms with Crippen LogP contribution in [0.3, 0.4) is 0 Å². The van der Waals surface area contributed by atoms with E-state index in [1.54, 1.807) is 13.8 Å². The van der Waals surface area contributed by atoms with Crippen molar-refractivity contribution >= 4 is 7.32 Å². The van der Waals surface area contributed by atoms with Crippen LogP contribution in [0.5, 0.6) is 0 Å². The van der Waals surface area contributed by atoms with Gasteiger partial charge in [0.25, 0.3) is 0 Å². The Morgan fingerprint density at radius 2 is 2.00 bits per heavy atom. The first-order valence-corrected chi connectivity index (χ1v) is 2.72. The maximum absolute atomic E-state index is 8.30. The van der Waals surface area contributed by atoms with Crippen molar-refractivity contribution in [2.24, 2.45) is 5.73 Å². The first-order valence-electron chi connectivity index (χ1n) is 2.72. The Kier molecular flexibility index (Phi) is 3.14. The number of hydrogen-bond acceptors (Lipinski definition) is 4. The average molecular weight is 133 g/mol. The molecule has 0 saturated carbocycles. The van der Waals surface area contributed by atoms with Gasteiger partial charge in [-0.25, -0.2) is 0 Å². The zero-order chi connectivity index (χ0) is 7.49. The average Bonchev–Trinajstić information content (AvgIpc) is 1.63. The van der Waals surface area contributed by atoms with Gasteiger partial charge in [0.2, 0.25) is 0 Å². The second kappa shape index (κ2) is 3.17. The number of rotatable bonds is 3. The Balaban J connectivity index is 3.58. The Morgan fingerprint density at radius 3 is 2.11 bits per heavy atom. The van der Waals surface area contributed by atoms with Crippen molar-refractivity contribution in [1.29, 1.82) is 0 Å². The molecule has 4 N–H and O–H groups in total. The molecular formula is C4H12BNO3. The van der Waals surface area contributed by atoms with Crippen LogP contribution in [0.2, 0.25) is 0 Å². The molecule has 4 nitrogen and oxygen atoms in total. The van der Waals surface area contributed by atoms with Gasteiger partial charge < -0.3 is 20.4 Å². The Bertz CT molecular complexity index is 85.9. The van der Waals surface area contributed by atoms with E-state index < -0.39 is 12.9 Å². The molecule has 0 saturated heterocycles. The maximum Gasteiger partial charge on any atom is 0.634 e. The minimum atomic E-state index is -1.73. The normalized spacial score (nSPS) is 11.7. The second-order valence-electron chi connectivity index (χ2n) is 2.41. The highest BCUT2D eigenvalue weighted by atomic mass is 16.6. The fourth-order valence-electron chi connectivity index (χ4n) is 0.333. The molecule has 0 radical (unpaired) electrons. The van der Waals surface area contributed by atoms with Gasteiger partial charge in [-0.2, -0.15) is 0 Å². The molecule has 0 amide bonds. The van der Waals surface area contributed by atoms with Crippen molar-refractivity contribution < 1.29 is 14.7 Å². The SMILES string of the molecule is CC(C)(CN)OB(O)O. The molecule has 54 valence electrons. The van der Waals surface area contributed by atoms with Gasteiger partial charge in [-0.15, -0.1) is 0 Å². The van der Waals surface area contributed by atoms with Crippen LogP contribution in [-0.4, -0.2) is 29.5 Å². The summed E-state index contributed by atoms with van der Waals surface area (Å²) >= 11 is 0. The van der Waals surface area contributed by atoms with Crippen LogP contribution in [0.1, 0.15) is 13.8 Å². The molecule has 5 heteroatoms. The number of hydrogen-bond donors (Lipinski definition) is 3. The molecule has 0 aliphatic rings. The summed E-state index contributed by atoms with van der Waals surface area (Å²) in [4.78, 5) is 0. The molecule has 0 atom stereocenters. The molecule has 0 fully saturated rings. The highest BCUT2D eigenvalue weighted by molar-refractivity contribution is 6.32. The lowest BCUT2D eigenvalue weighted by atomic mass is 10.1. The zero-order valence-corrected chi connectivity index (χ0v) is 5.66. The van der Waals surface area contributed by atoms with Crippen molar-refractivity contribution in [2.75, 3.05) is 6.54 Å². The predicted molar refractivity (Wildman–Crippen MR) is 34.4 cm³/mol. The van der Waals surface area contributed by atoms with Gasteiger partial charge in [-0.1, -0.05) is 0 Å². The summed E-state index contributed by atoms with van der Waals surface area (Å²) in [7, 11) is -1.73. The minimum absolute atomic E-state index is 0.255. The zero-order valence-electron chi connectivity index (χ0n) is 5.66. The third-order valence-electron chi connectivity index (χ3n) is 0.916. The van der Waals surface area contributed by atoms with Crippen LogP contribution in [0, 0.1) is 0 Å². The lowest BCUT2D eigenvalue weighted by molar-refractivity contribution is 0.0567. The summed E-state index contributed by atoms with van der Waals surface area (Å²) in [5.74, 6) is 0. The first-order chi connectivity index (χ1) is 3.98. The summed E-state index contributed by atoms with van der Waals surface area (Å²) in [6, 6.07) is 0. The van der Waals surface area contributed by atoms with Crippen LogP contribution in [0.15, 0.2) is 0 Å². The Hall–Kier alpha value is -0.0951. The fraction of sp³-hybridized carbons (Fsp3) is 1.00. The topological polar surface area (TPSA) is 75.7 Å². The highest BCUT2D eigenvalue weighted by Gasteiger charge is 2.23. The van der Waals surface area contributed by atoms with E-state index in [1.807, 2.05) is 0 Å². The van der Waals surface area contributed by atoms with Crippen molar-refractivity contribution in [1.82, 2.24) is 0 Å². The molecule has 9 heavy (non-hydrogen) atoms. The first kappa shape index (κ1) is 8.90. The standard InChI is InChI=1S/C4H12BNO3/c1-4(2,3-6)9-5(7)8/h7-8H,3,6H2,1-2H3. The molecule has 0 spiro atoms. The van der Waals surface area contributed by atoms with Crippen molar-refractivity contribution in [3.8, 4) is 0 Å². The van der Waals surface area contributed by atoms with Crippen molar-refractivity contribution in [3.05, 3.63) is 0 Å². The largest absolute Gasteiger partial charge is 0.634 e. The lowest BCUT2D eigenvalue weighted by Crippen LogP contribution is -2.39. The van der Waals surface area contributed by atoms with E-state index in [2.05, 4.69) is 4.65 Å². The lowest BCUT2D eigenvalue weighted by Gasteiger charge is -2.22. The Morgan fingerprint density at radius 1 is 1.56 bits per heavy atom. The molecule has 0 aromatic rings. The highest BCUT2D eigenvalue weighted by Crippen LogP contribution is 2.05. The van der Waals surface area contributed by atoms with E-state index in [-0.39, 0.29) is 6.54 Å². The molecule has 0 bridgehead atoms.